The van der Waals surface area contributed by atoms with Gasteiger partial charge < -0.3 is 4.90 Å². The lowest BCUT2D eigenvalue weighted by Crippen LogP contribution is -2.35. The fourth-order valence-electron chi connectivity index (χ4n) is 3.88. The molecular formula is C21H22ClN3O. The first-order valence-electron chi connectivity index (χ1n) is 9.20. The van der Waals surface area contributed by atoms with Crippen LogP contribution in [0.3, 0.4) is 0 Å². The van der Waals surface area contributed by atoms with Crippen molar-refractivity contribution in [3.8, 4) is 0 Å². The second-order valence-corrected chi connectivity index (χ2v) is 7.47. The van der Waals surface area contributed by atoms with E-state index in [1.165, 1.54) is 0 Å². The lowest BCUT2D eigenvalue weighted by atomic mass is 10.00. The zero-order valence-electron chi connectivity index (χ0n) is 14.9. The van der Waals surface area contributed by atoms with Crippen molar-refractivity contribution in [1.29, 1.82) is 0 Å². The first kappa shape index (κ1) is 17.2. The van der Waals surface area contributed by atoms with Crippen LogP contribution in [0.2, 0.25) is 5.02 Å². The van der Waals surface area contributed by atoms with Crippen LogP contribution in [0.15, 0.2) is 41.5 Å². The van der Waals surface area contributed by atoms with Crippen LogP contribution >= 0.6 is 11.6 Å². The van der Waals surface area contributed by atoms with Crippen LogP contribution < -0.4 is 0 Å². The number of aliphatic imine (C=N–C) groups is 1. The lowest BCUT2D eigenvalue weighted by molar-refractivity contribution is 0.0680. The van der Waals surface area contributed by atoms with Crippen LogP contribution in [0.1, 0.15) is 65.8 Å². The number of pyridine rings is 1. The van der Waals surface area contributed by atoms with E-state index in [2.05, 4.69) is 9.98 Å². The van der Waals surface area contributed by atoms with Crippen molar-refractivity contribution in [1.82, 2.24) is 9.88 Å². The van der Waals surface area contributed by atoms with Crippen molar-refractivity contribution in [3.05, 3.63) is 63.9 Å². The van der Waals surface area contributed by atoms with Gasteiger partial charge in [0.1, 0.15) is 0 Å². The maximum Gasteiger partial charge on any atom is 0.255 e. The van der Waals surface area contributed by atoms with Crippen LogP contribution in [0.5, 0.6) is 0 Å². The van der Waals surface area contributed by atoms with Crippen molar-refractivity contribution >= 4 is 23.2 Å². The molecule has 0 spiro atoms. The zero-order chi connectivity index (χ0) is 18.1. The summed E-state index contributed by atoms with van der Waals surface area (Å²) in [6.07, 6.45) is 6.01. The van der Waals surface area contributed by atoms with Crippen LogP contribution in [0, 0.1) is 0 Å². The van der Waals surface area contributed by atoms with Gasteiger partial charge in [-0.15, -0.1) is 0 Å². The highest BCUT2D eigenvalue weighted by atomic mass is 35.5. The molecule has 5 heteroatoms. The van der Waals surface area contributed by atoms with Crippen LogP contribution in [-0.4, -0.2) is 28.0 Å². The molecule has 1 unspecified atom stereocenters. The number of aromatic nitrogens is 1. The molecule has 1 atom stereocenters. The van der Waals surface area contributed by atoms with Gasteiger partial charge in [0.25, 0.3) is 5.91 Å². The van der Waals surface area contributed by atoms with E-state index in [-0.39, 0.29) is 11.9 Å². The zero-order valence-corrected chi connectivity index (χ0v) is 15.7. The molecule has 0 N–H and O–H groups in total. The number of hydrogen-bond acceptors (Lipinski definition) is 3. The Kier molecular flexibility index (Phi) is 4.77. The summed E-state index contributed by atoms with van der Waals surface area (Å²) in [5.41, 5.74) is 4.74. The highest BCUT2D eigenvalue weighted by Crippen LogP contribution is 2.32. The van der Waals surface area contributed by atoms with Gasteiger partial charge in [-0.2, -0.15) is 0 Å². The summed E-state index contributed by atoms with van der Waals surface area (Å²) in [5, 5.41) is 0.720. The average Bonchev–Trinajstić information content (AvgIpc) is 2.87. The summed E-state index contributed by atoms with van der Waals surface area (Å²) in [6.45, 7) is 3.37. The molecule has 26 heavy (non-hydrogen) atoms. The Hall–Kier alpha value is -2.20. The van der Waals surface area contributed by atoms with Crippen molar-refractivity contribution in [2.24, 2.45) is 4.99 Å². The van der Waals surface area contributed by atoms with E-state index in [9.17, 15) is 4.79 Å². The minimum Gasteiger partial charge on any atom is -0.332 e. The first-order chi connectivity index (χ1) is 12.6. The van der Waals surface area contributed by atoms with Crippen molar-refractivity contribution in [3.63, 3.8) is 0 Å². The molecule has 1 aromatic heterocycles. The molecule has 1 amide bonds. The molecular weight excluding hydrogens is 346 g/mol. The molecule has 4 nitrogen and oxygen atoms in total. The van der Waals surface area contributed by atoms with E-state index in [4.69, 9.17) is 11.6 Å². The molecule has 2 aliphatic rings. The predicted molar refractivity (Wildman–Crippen MR) is 104 cm³/mol. The molecule has 1 aromatic carbocycles. The number of amides is 1. The molecule has 3 heterocycles. The van der Waals surface area contributed by atoms with Gasteiger partial charge in [0.2, 0.25) is 0 Å². The Balaban J connectivity index is 1.66. The first-order valence-corrected chi connectivity index (χ1v) is 9.58. The van der Waals surface area contributed by atoms with Gasteiger partial charge >= 0.3 is 0 Å². The van der Waals surface area contributed by atoms with Crippen LogP contribution in [-0.2, 0) is 6.54 Å². The largest absolute Gasteiger partial charge is 0.332 e. The molecule has 0 radical (unpaired) electrons. The third-order valence-electron chi connectivity index (χ3n) is 5.34. The fourth-order valence-corrected chi connectivity index (χ4v) is 4.00. The second kappa shape index (κ2) is 7.20. The second-order valence-electron chi connectivity index (χ2n) is 7.04. The van der Waals surface area contributed by atoms with Gasteiger partial charge in [-0.05, 0) is 43.5 Å². The van der Waals surface area contributed by atoms with Gasteiger partial charge in [0.05, 0.1) is 23.8 Å². The van der Waals surface area contributed by atoms with E-state index in [0.717, 1.165) is 59.8 Å². The van der Waals surface area contributed by atoms with Crippen LogP contribution in [0.4, 0.5) is 0 Å². The third kappa shape index (κ3) is 3.26. The quantitative estimate of drug-likeness (QED) is 0.764. The molecule has 1 saturated heterocycles. The number of carbonyl (C=O) groups excluding carboxylic acids is 1. The summed E-state index contributed by atoms with van der Waals surface area (Å²) in [4.78, 5) is 24.2. The smallest absolute Gasteiger partial charge is 0.255 e. The van der Waals surface area contributed by atoms with E-state index >= 15 is 0 Å². The van der Waals surface area contributed by atoms with Crippen LogP contribution in [0.25, 0.3) is 0 Å². The number of fused-ring (bicyclic) bond motifs is 1. The summed E-state index contributed by atoms with van der Waals surface area (Å²) in [6, 6.07) is 9.93. The van der Waals surface area contributed by atoms with Gasteiger partial charge in [0, 0.05) is 29.0 Å². The molecule has 2 aromatic rings. The maximum atomic E-state index is 13.3. The Labute approximate surface area is 158 Å². The number of nitrogens with zero attached hydrogens (tertiary/aromatic N) is 3. The maximum absolute atomic E-state index is 13.3. The van der Waals surface area contributed by atoms with Gasteiger partial charge in [-0.3, -0.25) is 14.8 Å². The number of benzene rings is 1. The Morgan fingerprint density at radius 1 is 1.19 bits per heavy atom. The molecule has 1 fully saturated rings. The molecule has 0 aliphatic carbocycles. The summed E-state index contributed by atoms with van der Waals surface area (Å²) >= 11 is 6.05. The molecule has 0 bridgehead atoms. The molecule has 4 rings (SSSR count). The van der Waals surface area contributed by atoms with E-state index < -0.39 is 0 Å². The molecule has 134 valence electrons. The van der Waals surface area contributed by atoms with Crippen molar-refractivity contribution in [2.75, 3.05) is 6.54 Å². The Bertz CT molecular complexity index is 860. The number of halogens is 1. The van der Waals surface area contributed by atoms with Crippen molar-refractivity contribution in [2.45, 2.75) is 45.2 Å². The number of hydrogen-bond donors (Lipinski definition) is 0. The van der Waals surface area contributed by atoms with Gasteiger partial charge in [-0.1, -0.05) is 36.6 Å². The highest BCUT2D eigenvalue weighted by molar-refractivity contribution is 6.30. The number of carbonyl (C=O) groups is 1. The highest BCUT2D eigenvalue weighted by Gasteiger charge is 2.28. The van der Waals surface area contributed by atoms with E-state index in [1.54, 1.807) is 6.20 Å². The van der Waals surface area contributed by atoms with E-state index in [0.29, 0.717) is 12.1 Å². The number of likely N-dealkylation sites (tertiary alicyclic amines) is 1. The summed E-state index contributed by atoms with van der Waals surface area (Å²) in [5.74, 6) is 0.0573. The average molecular weight is 368 g/mol. The minimum atomic E-state index is 0.0573. The van der Waals surface area contributed by atoms with E-state index in [1.807, 2.05) is 42.2 Å². The van der Waals surface area contributed by atoms with Gasteiger partial charge in [-0.25, -0.2) is 0 Å². The summed E-state index contributed by atoms with van der Waals surface area (Å²) in [7, 11) is 0. The molecule has 0 saturated carbocycles. The monoisotopic (exact) mass is 367 g/mol. The SMILES string of the molecule is CC1=NCc2ncc(C(=O)N3CCCCCC3c3ccc(Cl)cc3)cc21. The van der Waals surface area contributed by atoms with Gasteiger partial charge in [0.15, 0.2) is 0 Å². The Morgan fingerprint density at radius 2 is 2.00 bits per heavy atom. The lowest BCUT2D eigenvalue weighted by Gasteiger charge is -2.30. The topological polar surface area (TPSA) is 45.6 Å². The fraction of sp³-hybridized carbons (Fsp3) is 0.381. The summed E-state index contributed by atoms with van der Waals surface area (Å²) < 4.78 is 0. The predicted octanol–water partition coefficient (Wildman–Crippen LogP) is 4.82. The Morgan fingerprint density at radius 3 is 2.81 bits per heavy atom. The standard InChI is InChI=1S/C21H22ClN3O/c1-14-18-11-16(12-24-19(18)13-23-14)21(26)25-10-4-2-3-5-20(25)15-6-8-17(22)9-7-15/h6-9,11-12,20H,2-5,10,13H2,1H3. The minimum absolute atomic E-state index is 0.0573. The van der Waals surface area contributed by atoms with Crippen molar-refractivity contribution < 1.29 is 4.79 Å². The normalized spacial score (nSPS) is 19.7. The third-order valence-corrected chi connectivity index (χ3v) is 5.59. The molecule has 2 aliphatic heterocycles. The number of rotatable bonds is 2.